The highest BCUT2D eigenvalue weighted by Gasteiger charge is 2.28. The average molecular weight is 373 g/mol. The third-order valence-electron chi connectivity index (χ3n) is 3.42. The molecule has 2 nitrogen and oxygen atoms in total. The molecule has 2 aromatic rings. The third-order valence-corrected chi connectivity index (χ3v) is 4.48. The van der Waals surface area contributed by atoms with E-state index in [9.17, 15) is 0 Å². The lowest BCUT2D eigenvalue weighted by Crippen LogP contribution is -2.24. The summed E-state index contributed by atoms with van der Waals surface area (Å²) in [6, 6.07) is 11.3. The smallest absolute Gasteiger partial charge is 0.127 e. The molecule has 0 spiro atoms. The number of nitrogens with two attached hydrogens (primary N) is 1. The van der Waals surface area contributed by atoms with Crippen LogP contribution >= 0.6 is 39.1 Å². The number of ether oxygens (including phenoxy) is 1. The van der Waals surface area contributed by atoms with Crippen molar-refractivity contribution in [2.45, 2.75) is 18.6 Å². The van der Waals surface area contributed by atoms with Crippen LogP contribution in [-0.4, -0.2) is 0 Å². The quantitative estimate of drug-likeness (QED) is 0.738. The lowest BCUT2D eigenvalue weighted by Gasteiger charge is -2.31. The summed E-state index contributed by atoms with van der Waals surface area (Å²) in [7, 11) is 0. The van der Waals surface area contributed by atoms with Crippen LogP contribution in [0.15, 0.2) is 40.9 Å². The maximum atomic E-state index is 6.25. The maximum Gasteiger partial charge on any atom is 0.127 e. The molecule has 0 aromatic heterocycles. The second kappa shape index (κ2) is 5.57. The van der Waals surface area contributed by atoms with Crippen LogP contribution < -0.4 is 10.5 Å². The highest BCUT2D eigenvalue weighted by molar-refractivity contribution is 9.10. The first kappa shape index (κ1) is 14.2. The third kappa shape index (κ3) is 2.68. The van der Waals surface area contributed by atoms with Gasteiger partial charge in [0.25, 0.3) is 0 Å². The summed E-state index contributed by atoms with van der Waals surface area (Å²) in [5, 5.41) is 1.22. The summed E-state index contributed by atoms with van der Waals surface area (Å²) >= 11 is 15.6. The van der Waals surface area contributed by atoms with Gasteiger partial charge in [-0.05, 0) is 24.3 Å². The minimum atomic E-state index is -0.156. The molecule has 1 aliphatic rings. The molecule has 0 saturated carbocycles. The van der Waals surface area contributed by atoms with E-state index in [0.717, 1.165) is 21.3 Å². The van der Waals surface area contributed by atoms with Crippen LogP contribution in [0.5, 0.6) is 5.75 Å². The van der Waals surface area contributed by atoms with Gasteiger partial charge in [0.2, 0.25) is 0 Å². The SMILES string of the molecule is N[C@H]1CC(c2ccc(Cl)cc2Cl)Oc2cc(Br)ccc21. The van der Waals surface area contributed by atoms with Crippen molar-refractivity contribution in [2.24, 2.45) is 5.73 Å². The molecule has 2 atom stereocenters. The number of hydrogen-bond donors (Lipinski definition) is 1. The molecule has 2 aromatic carbocycles. The molecule has 3 rings (SSSR count). The van der Waals surface area contributed by atoms with E-state index in [1.807, 2.05) is 30.3 Å². The lowest BCUT2D eigenvalue weighted by atomic mass is 9.93. The fourth-order valence-electron chi connectivity index (χ4n) is 2.43. The van der Waals surface area contributed by atoms with Crippen molar-refractivity contribution >= 4 is 39.1 Å². The van der Waals surface area contributed by atoms with E-state index in [1.165, 1.54) is 0 Å². The van der Waals surface area contributed by atoms with Gasteiger partial charge >= 0.3 is 0 Å². The summed E-state index contributed by atoms with van der Waals surface area (Å²) in [5.41, 5.74) is 8.18. The zero-order chi connectivity index (χ0) is 14.3. The van der Waals surface area contributed by atoms with Gasteiger partial charge in [-0.1, -0.05) is 51.3 Å². The fraction of sp³-hybridized carbons (Fsp3) is 0.200. The fourth-order valence-corrected chi connectivity index (χ4v) is 3.30. The Morgan fingerprint density at radius 3 is 2.60 bits per heavy atom. The first-order valence-corrected chi connectivity index (χ1v) is 7.76. The zero-order valence-electron chi connectivity index (χ0n) is 10.4. The lowest BCUT2D eigenvalue weighted by molar-refractivity contribution is 0.161. The molecule has 0 radical (unpaired) electrons. The second-order valence-corrected chi connectivity index (χ2v) is 6.56. The minimum absolute atomic E-state index is 0.0661. The minimum Gasteiger partial charge on any atom is -0.485 e. The molecule has 1 heterocycles. The Morgan fingerprint density at radius 1 is 1.10 bits per heavy atom. The van der Waals surface area contributed by atoms with Crippen LogP contribution in [0.1, 0.15) is 29.7 Å². The van der Waals surface area contributed by atoms with Crippen molar-refractivity contribution in [1.29, 1.82) is 0 Å². The zero-order valence-corrected chi connectivity index (χ0v) is 13.5. The summed E-state index contributed by atoms with van der Waals surface area (Å²) in [4.78, 5) is 0. The summed E-state index contributed by atoms with van der Waals surface area (Å²) in [6.45, 7) is 0. The Kier molecular flexibility index (Phi) is 3.95. The predicted molar refractivity (Wildman–Crippen MR) is 85.5 cm³/mol. The van der Waals surface area contributed by atoms with Crippen molar-refractivity contribution in [3.8, 4) is 5.75 Å². The van der Waals surface area contributed by atoms with Crippen molar-refractivity contribution in [1.82, 2.24) is 0 Å². The van der Waals surface area contributed by atoms with E-state index in [2.05, 4.69) is 15.9 Å². The van der Waals surface area contributed by atoms with Crippen LogP contribution in [-0.2, 0) is 0 Å². The van der Waals surface area contributed by atoms with Gasteiger partial charge in [-0.2, -0.15) is 0 Å². The Hall–Kier alpha value is -0.740. The molecule has 0 amide bonds. The van der Waals surface area contributed by atoms with Crippen LogP contribution in [0.2, 0.25) is 10.0 Å². The van der Waals surface area contributed by atoms with Crippen LogP contribution in [0.3, 0.4) is 0 Å². The van der Waals surface area contributed by atoms with E-state index in [-0.39, 0.29) is 12.1 Å². The molecule has 0 saturated heterocycles. The van der Waals surface area contributed by atoms with E-state index in [4.69, 9.17) is 33.7 Å². The Balaban J connectivity index is 1.98. The van der Waals surface area contributed by atoms with E-state index < -0.39 is 0 Å². The molecule has 1 aliphatic heterocycles. The molecular formula is C15H12BrCl2NO. The number of halogens is 3. The monoisotopic (exact) mass is 371 g/mol. The largest absolute Gasteiger partial charge is 0.485 e. The topological polar surface area (TPSA) is 35.2 Å². The van der Waals surface area contributed by atoms with Gasteiger partial charge < -0.3 is 10.5 Å². The molecule has 104 valence electrons. The van der Waals surface area contributed by atoms with Crippen molar-refractivity contribution in [2.75, 3.05) is 0 Å². The standard InChI is InChI=1S/C15H12BrCl2NO/c16-8-1-3-11-13(19)7-15(20-14(11)5-8)10-4-2-9(17)6-12(10)18/h1-6,13,15H,7,19H2/t13-,15?/m0/s1. The number of hydrogen-bond acceptors (Lipinski definition) is 2. The van der Waals surface area contributed by atoms with Crippen molar-refractivity contribution in [3.63, 3.8) is 0 Å². The van der Waals surface area contributed by atoms with Gasteiger partial charge in [-0.25, -0.2) is 0 Å². The molecule has 0 aliphatic carbocycles. The van der Waals surface area contributed by atoms with Gasteiger partial charge in [-0.3, -0.25) is 0 Å². The van der Waals surface area contributed by atoms with E-state index in [1.54, 1.807) is 6.07 Å². The van der Waals surface area contributed by atoms with Gasteiger partial charge in [0, 0.05) is 38.1 Å². The summed E-state index contributed by atoms with van der Waals surface area (Å²) in [6.07, 6.45) is 0.535. The van der Waals surface area contributed by atoms with Crippen LogP contribution in [0.25, 0.3) is 0 Å². The molecule has 0 bridgehead atoms. The Morgan fingerprint density at radius 2 is 1.85 bits per heavy atom. The molecule has 20 heavy (non-hydrogen) atoms. The number of benzene rings is 2. The van der Waals surface area contributed by atoms with Crippen LogP contribution in [0.4, 0.5) is 0 Å². The van der Waals surface area contributed by atoms with E-state index >= 15 is 0 Å². The molecule has 1 unspecified atom stereocenters. The van der Waals surface area contributed by atoms with Gasteiger partial charge in [0.15, 0.2) is 0 Å². The number of fused-ring (bicyclic) bond motifs is 1. The summed E-state index contributed by atoms with van der Waals surface area (Å²) < 4.78 is 7.02. The van der Waals surface area contributed by atoms with Crippen molar-refractivity contribution < 1.29 is 4.74 Å². The van der Waals surface area contributed by atoms with E-state index in [0.29, 0.717) is 16.5 Å². The first-order valence-electron chi connectivity index (χ1n) is 6.21. The molecule has 5 heteroatoms. The first-order chi connectivity index (χ1) is 9.54. The van der Waals surface area contributed by atoms with Crippen molar-refractivity contribution in [3.05, 3.63) is 62.0 Å². The summed E-state index contributed by atoms with van der Waals surface area (Å²) in [5.74, 6) is 0.800. The Labute approximate surface area is 136 Å². The molecule has 0 fully saturated rings. The molecule has 2 N–H and O–H groups in total. The average Bonchev–Trinajstić information content (AvgIpc) is 2.37. The Bertz CT molecular complexity index is 662. The highest BCUT2D eigenvalue weighted by atomic mass is 79.9. The van der Waals surface area contributed by atoms with Gasteiger partial charge in [-0.15, -0.1) is 0 Å². The molecular weight excluding hydrogens is 361 g/mol. The maximum absolute atomic E-state index is 6.25. The number of rotatable bonds is 1. The van der Waals surface area contributed by atoms with Gasteiger partial charge in [0.05, 0.1) is 0 Å². The van der Waals surface area contributed by atoms with Gasteiger partial charge in [0.1, 0.15) is 11.9 Å². The second-order valence-electron chi connectivity index (χ2n) is 4.80. The normalized spacial score (nSPS) is 21.2. The predicted octanol–water partition coefficient (Wildman–Crippen LogP) is 5.28. The highest BCUT2D eigenvalue weighted by Crippen LogP contribution is 2.42. The van der Waals surface area contributed by atoms with Crippen LogP contribution in [0, 0.1) is 0 Å².